The molecule has 1 N–H and O–H groups in total. The summed E-state index contributed by atoms with van der Waals surface area (Å²) in [5, 5.41) is 2.45. The van der Waals surface area contributed by atoms with Crippen molar-refractivity contribution in [3.05, 3.63) is 63.8 Å². The van der Waals surface area contributed by atoms with Gasteiger partial charge in [-0.2, -0.15) is 0 Å². The van der Waals surface area contributed by atoms with Crippen LogP contribution in [-0.2, 0) is 0 Å². The predicted molar refractivity (Wildman–Crippen MR) is 76.6 cm³/mol. The lowest BCUT2D eigenvalue weighted by molar-refractivity contribution is 0.0979. The van der Waals surface area contributed by atoms with Crippen molar-refractivity contribution in [2.45, 2.75) is 0 Å². The lowest BCUT2D eigenvalue weighted by Crippen LogP contribution is -2.25. The number of anilines is 1. The van der Waals surface area contributed by atoms with Gasteiger partial charge in [0.15, 0.2) is 11.6 Å². The number of hydrogen-bond donors (Lipinski definition) is 1. The number of carbonyl (C=O) groups excluding carboxylic acids is 2. The monoisotopic (exact) mass is 365 g/mol. The largest absolute Gasteiger partial charge is 0.349 e. The molecule has 0 amide bonds. The van der Waals surface area contributed by atoms with Crippen LogP contribution in [0.5, 0.6) is 0 Å². The van der Waals surface area contributed by atoms with Crippen molar-refractivity contribution in [3.8, 4) is 0 Å². The van der Waals surface area contributed by atoms with Crippen LogP contribution in [0, 0.1) is 11.6 Å². The molecule has 1 aliphatic rings. The molecule has 110 valence electrons. The molecule has 0 fully saturated rings. The van der Waals surface area contributed by atoms with E-state index in [1.807, 2.05) is 0 Å². The Kier molecular flexibility index (Phi) is 3.53. The van der Waals surface area contributed by atoms with Crippen molar-refractivity contribution in [1.29, 1.82) is 0 Å². The van der Waals surface area contributed by atoms with E-state index in [0.29, 0.717) is 0 Å². The van der Waals surface area contributed by atoms with Gasteiger partial charge in [0.1, 0.15) is 17.7 Å². The van der Waals surface area contributed by atoms with E-state index in [0.717, 1.165) is 12.4 Å². The standard InChI is InChI=1S/C14H6BrF2N3O2/c15-9-12(20-8-3-1-2-7(16)10(8)17)13(21)6-4-18-5-19-11(6)14(9)22/h1-5,20H. The third-order valence-corrected chi connectivity index (χ3v) is 3.79. The Morgan fingerprint density at radius 3 is 2.68 bits per heavy atom. The maximum Gasteiger partial charge on any atom is 0.221 e. The van der Waals surface area contributed by atoms with Crippen molar-refractivity contribution in [2.24, 2.45) is 0 Å². The van der Waals surface area contributed by atoms with Gasteiger partial charge >= 0.3 is 0 Å². The number of allylic oxidation sites excluding steroid dienone is 2. The lowest BCUT2D eigenvalue weighted by Gasteiger charge is -2.18. The van der Waals surface area contributed by atoms with E-state index in [4.69, 9.17) is 0 Å². The van der Waals surface area contributed by atoms with Crippen LogP contribution in [-0.4, -0.2) is 21.5 Å². The summed E-state index contributed by atoms with van der Waals surface area (Å²) >= 11 is 3.00. The van der Waals surface area contributed by atoms with Gasteiger partial charge in [-0.05, 0) is 28.1 Å². The Hall–Kier alpha value is -2.48. The summed E-state index contributed by atoms with van der Waals surface area (Å²) in [6.07, 6.45) is 2.35. The van der Waals surface area contributed by atoms with Crippen LogP contribution in [0.3, 0.4) is 0 Å². The molecule has 0 aliphatic heterocycles. The van der Waals surface area contributed by atoms with Gasteiger partial charge in [-0.1, -0.05) is 6.07 Å². The van der Waals surface area contributed by atoms with E-state index >= 15 is 0 Å². The maximum atomic E-state index is 13.7. The van der Waals surface area contributed by atoms with E-state index in [9.17, 15) is 18.4 Å². The van der Waals surface area contributed by atoms with Crippen LogP contribution < -0.4 is 5.32 Å². The van der Waals surface area contributed by atoms with Crippen molar-refractivity contribution in [1.82, 2.24) is 9.97 Å². The minimum absolute atomic E-state index is 0.00462. The van der Waals surface area contributed by atoms with E-state index in [2.05, 4.69) is 31.2 Å². The first kappa shape index (κ1) is 14.5. The number of nitrogens with zero attached hydrogens (tertiary/aromatic N) is 2. The average Bonchev–Trinajstić information content (AvgIpc) is 2.53. The number of halogens is 3. The highest BCUT2D eigenvalue weighted by Crippen LogP contribution is 2.30. The smallest absolute Gasteiger partial charge is 0.221 e. The highest BCUT2D eigenvalue weighted by molar-refractivity contribution is 9.12. The van der Waals surface area contributed by atoms with Crippen LogP contribution >= 0.6 is 15.9 Å². The molecule has 3 rings (SSSR count). The van der Waals surface area contributed by atoms with Crippen molar-refractivity contribution < 1.29 is 18.4 Å². The minimum atomic E-state index is -1.15. The number of fused-ring (bicyclic) bond motifs is 1. The predicted octanol–water partition coefficient (Wildman–Crippen LogP) is 2.85. The summed E-state index contributed by atoms with van der Waals surface area (Å²) in [4.78, 5) is 32.0. The molecule has 8 heteroatoms. The Morgan fingerprint density at radius 1 is 1.14 bits per heavy atom. The van der Waals surface area contributed by atoms with Crippen LogP contribution in [0.2, 0.25) is 0 Å². The zero-order valence-corrected chi connectivity index (χ0v) is 12.3. The molecule has 0 radical (unpaired) electrons. The normalized spacial score (nSPS) is 14.1. The van der Waals surface area contributed by atoms with Gasteiger partial charge in [0.2, 0.25) is 11.6 Å². The van der Waals surface area contributed by atoms with Crippen LogP contribution in [0.15, 0.2) is 40.9 Å². The van der Waals surface area contributed by atoms with Gasteiger partial charge in [0.25, 0.3) is 0 Å². The number of hydrogen-bond acceptors (Lipinski definition) is 5. The first-order valence-corrected chi connectivity index (χ1v) is 6.80. The molecule has 0 unspecified atom stereocenters. The first-order valence-electron chi connectivity index (χ1n) is 6.01. The average molecular weight is 366 g/mol. The summed E-state index contributed by atoms with van der Waals surface area (Å²) in [5.74, 6) is -3.35. The highest BCUT2D eigenvalue weighted by Gasteiger charge is 2.33. The van der Waals surface area contributed by atoms with E-state index in [1.165, 1.54) is 18.3 Å². The van der Waals surface area contributed by atoms with Crippen molar-refractivity contribution in [2.75, 3.05) is 5.32 Å². The number of benzene rings is 1. The summed E-state index contributed by atoms with van der Waals surface area (Å²) in [6, 6.07) is 3.47. The molecule has 1 aromatic heterocycles. The quantitative estimate of drug-likeness (QED) is 0.885. The maximum absolute atomic E-state index is 13.7. The summed E-state index contributed by atoms with van der Waals surface area (Å²) < 4.78 is 26.8. The molecule has 0 saturated heterocycles. The fourth-order valence-corrected chi connectivity index (χ4v) is 2.44. The second-order valence-electron chi connectivity index (χ2n) is 4.36. The van der Waals surface area contributed by atoms with Gasteiger partial charge in [-0.3, -0.25) is 9.59 Å². The number of nitrogens with one attached hydrogen (secondary N) is 1. The Morgan fingerprint density at radius 2 is 1.91 bits per heavy atom. The number of ketones is 2. The van der Waals surface area contributed by atoms with Gasteiger partial charge < -0.3 is 5.32 Å². The number of carbonyl (C=O) groups is 2. The van der Waals surface area contributed by atoms with Crippen LogP contribution in [0.1, 0.15) is 20.8 Å². The molecule has 5 nitrogen and oxygen atoms in total. The SMILES string of the molecule is O=C1C(Nc2cccc(F)c2F)=C(Br)C(=O)c2ncncc21. The van der Waals surface area contributed by atoms with E-state index in [-0.39, 0.29) is 27.1 Å². The van der Waals surface area contributed by atoms with Crippen LogP contribution in [0.25, 0.3) is 0 Å². The Balaban J connectivity index is 2.08. The molecule has 0 bridgehead atoms. The molecule has 0 spiro atoms. The topological polar surface area (TPSA) is 72.0 Å². The first-order chi connectivity index (χ1) is 10.5. The van der Waals surface area contributed by atoms with Gasteiger partial charge in [0, 0.05) is 6.20 Å². The Labute approximate surface area is 131 Å². The third kappa shape index (κ3) is 2.21. The molecule has 1 heterocycles. The number of aromatic nitrogens is 2. The molecule has 22 heavy (non-hydrogen) atoms. The fraction of sp³-hybridized carbons (Fsp3) is 0. The summed E-state index contributed by atoms with van der Waals surface area (Å²) in [6.45, 7) is 0. The molecule has 1 aromatic carbocycles. The van der Waals surface area contributed by atoms with Gasteiger partial charge in [0.05, 0.1) is 15.7 Å². The van der Waals surface area contributed by atoms with Crippen molar-refractivity contribution in [3.63, 3.8) is 0 Å². The molecule has 2 aromatic rings. The lowest BCUT2D eigenvalue weighted by atomic mass is 9.98. The minimum Gasteiger partial charge on any atom is -0.349 e. The molecule has 0 saturated carbocycles. The summed E-state index contributed by atoms with van der Waals surface area (Å²) in [7, 11) is 0. The molecular weight excluding hydrogens is 360 g/mol. The second-order valence-corrected chi connectivity index (χ2v) is 5.15. The van der Waals surface area contributed by atoms with E-state index < -0.39 is 23.2 Å². The van der Waals surface area contributed by atoms with Crippen molar-refractivity contribution >= 4 is 33.2 Å². The summed E-state index contributed by atoms with van der Waals surface area (Å²) in [5.41, 5.74) is -0.502. The molecule has 1 aliphatic carbocycles. The number of rotatable bonds is 2. The zero-order valence-electron chi connectivity index (χ0n) is 10.7. The Bertz CT molecular complexity index is 852. The van der Waals surface area contributed by atoms with Gasteiger partial charge in [-0.25, -0.2) is 18.7 Å². The number of Topliss-reactive ketones (excluding diaryl/α,β-unsaturated/α-hetero) is 2. The zero-order chi connectivity index (χ0) is 15.9. The third-order valence-electron chi connectivity index (χ3n) is 3.03. The molecular formula is C14H6BrF2N3O2. The van der Waals surface area contributed by atoms with Crippen LogP contribution in [0.4, 0.5) is 14.5 Å². The second kappa shape index (κ2) is 5.38. The fourth-order valence-electron chi connectivity index (χ4n) is 1.98. The highest BCUT2D eigenvalue weighted by atomic mass is 79.9. The van der Waals surface area contributed by atoms with E-state index in [1.54, 1.807) is 0 Å². The van der Waals surface area contributed by atoms with Gasteiger partial charge in [-0.15, -0.1) is 0 Å². The molecule has 0 atom stereocenters.